The van der Waals surface area contributed by atoms with Gasteiger partial charge in [0.2, 0.25) is 0 Å². The highest BCUT2D eigenvalue weighted by atomic mass is 35.5. The molecule has 1 aliphatic rings. The molecule has 0 atom stereocenters. The fourth-order valence-corrected chi connectivity index (χ4v) is 4.41. The summed E-state index contributed by atoms with van der Waals surface area (Å²) in [6.45, 7) is 0.839. The molecule has 1 aliphatic heterocycles. The molecule has 1 N–H and O–H groups in total. The maximum absolute atomic E-state index is 12.0. The second kappa shape index (κ2) is 5.51. The minimum atomic E-state index is -0.878. The van der Waals surface area contributed by atoms with Crippen LogP contribution in [0, 0.1) is 0 Å². The highest BCUT2D eigenvalue weighted by molar-refractivity contribution is 7.19. The van der Waals surface area contributed by atoms with Crippen LogP contribution in [0.2, 0.25) is 4.34 Å². The van der Waals surface area contributed by atoms with Gasteiger partial charge in [0.25, 0.3) is 0 Å². The van der Waals surface area contributed by atoms with E-state index >= 15 is 0 Å². The molecule has 0 bridgehead atoms. The standard InChI is InChI=1S/C17H13ClN2O2S/c18-13-4-3-12(23-13)16-14(10-5-7-19-8-6-10)15(17(21)22)11-2-1-9-20(11)16/h3-8H,1-2,9H2,(H,21,22). The van der Waals surface area contributed by atoms with Gasteiger partial charge in [0, 0.05) is 30.2 Å². The Labute approximate surface area is 142 Å². The molecule has 0 unspecified atom stereocenters. The number of fused-ring (bicyclic) bond motifs is 1. The summed E-state index contributed by atoms with van der Waals surface area (Å²) >= 11 is 7.59. The SMILES string of the molecule is O=C(O)c1c(-c2ccncc2)c(-c2ccc(Cl)s2)n2c1CCC2. The van der Waals surface area contributed by atoms with Crippen LogP contribution < -0.4 is 0 Å². The monoisotopic (exact) mass is 344 g/mol. The number of aromatic nitrogens is 2. The Morgan fingerprint density at radius 2 is 2.04 bits per heavy atom. The van der Waals surface area contributed by atoms with E-state index in [2.05, 4.69) is 9.55 Å². The molecule has 4 rings (SSSR count). The number of pyridine rings is 1. The van der Waals surface area contributed by atoms with Gasteiger partial charge in [-0.15, -0.1) is 11.3 Å². The average molecular weight is 345 g/mol. The van der Waals surface area contributed by atoms with Gasteiger partial charge in [-0.1, -0.05) is 11.6 Å². The van der Waals surface area contributed by atoms with Crippen LogP contribution >= 0.6 is 22.9 Å². The maximum Gasteiger partial charge on any atom is 0.338 e. The lowest BCUT2D eigenvalue weighted by atomic mass is 9.99. The predicted molar refractivity (Wildman–Crippen MR) is 91.3 cm³/mol. The van der Waals surface area contributed by atoms with Gasteiger partial charge in [0.05, 0.1) is 20.5 Å². The number of carboxylic acids is 1. The van der Waals surface area contributed by atoms with Crippen LogP contribution in [-0.4, -0.2) is 20.6 Å². The van der Waals surface area contributed by atoms with E-state index < -0.39 is 5.97 Å². The van der Waals surface area contributed by atoms with Crippen molar-refractivity contribution in [3.05, 3.63) is 52.3 Å². The number of nitrogens with zero attached hydrogens (tertiary/aromatic N) is 2. The summed E-state index contributed by atoms with van der Waals surface area (Å²) in [6.07, 6.45) is 5.14. The Kier molecular flexibility index (Phi) is 3.47. The first-order chi connectivity index (χ1) is 11.2. The third-order valence-electron chi connectivity index (χ3n) is 4.16. The maximum atomic E-state index is 12.0. The molecule has 0 aromatic carbocycles. The Hall–Kier alpha value is -2.11. The van der Waals surface area contributed by atoms with Crippen LogP contribution in [0.5, 0.6) is 0 Å². The lowest BCUT2D eigenvalue weighted by molar-refractivity contribution is 0.0696. The van der Waals surface area contributed by atoms with Crippen LogP contribution in [0.1, 0.15) is 22.5 Å². The zero-order chi connectivity index (χ0) is 16.0. The molecule has 0 amide bonds. The van der Waals surface area contributed by atoms with Crippen molar-refractivity contribution in [2.24, 2.45) is 0 Å². The molecular weight excluding hydrogens is 332 g/mol. The van der Waals surface area contributed by atoms with Crippen molar-refractivity contribution >= 4 is 28.9 Å². The lowest BCUT2D eigenvalue weighted by Crippen LogP contribution is -2.01. The zero-order valence-corrected chi connectivity index (χ0v) is 13.7. The molecule has 4 heterocycles. The molecule has 0 fully saturated rings. The minimum absolute atomic E-state index is 0.410. The van der Waals surface area contributed by atoms with Gasteiger partial charge in [-0.2, -0.15) is 0 Å². The van der Waals surface area contributed by atoms with Crippen molar-refractivity contribution in [3.8, 4) is 21.7 Å². The van der Waals surface area contributed by atoms with E-state index in [1.54, 1.807) is 12.4 Å². The van der Waals surface area contributed by atoms with Crippen LogP contribution in [0.25, 0.3) is 21.7 Å². The number of carbonyl (C=O) groups is 1. The number of hydrogen-bond acceptors (Lipinski definition) is 3. The number of rotatable bonds is 3. The fraction of sp³-hybridized carbons (Fsp3) is 0.176. The highest BCUT2D eigenvalue weighted by Gasteiger charge is 2.31. The second-order valence-electron chi connectivity index (χ2n) is 5.45. The molecule has 3 aromatic heterocycles. The lowest BCUT2D eigenvalue weighted by Gasteiger charge is -2.08. The van der Waals surface area contributed by atoms with E-state index in [-0.39, 0.29) is 0 Å². The molecule has 23 heavy (non-hydrogen) atoms. The Morgan fingerprint density at radius 3 is 2.70 bits per heavy atom. The van der Waals surface area contributed by atoms with Crippen molar-refractivity contribution in [2.45, 2.75) is 19.4 Å². The summed E-state index contributed by atoms with van der Waals surface area (Å²) in [4.78, 5) is 17.0. The van der Waals surface area contributed by atoms with Gasteiger partial charge >= 0.3 is 5.97 Å². The molecule has 6 heteroatoms. The number of aromatic carboxylic acids is 1. The number of carboxylic acid groups (broad SMARTS) is 1. The number of hydrogen-bond donors (Lipinski definition) is 1. The summed E-state index contributed by atoms with van der Waals surface area (Å²) in [5.74, 6) is -0.878. The summed E-state index contributed by atoms with van der Waals surface area (Å²) in [7, 11) is 0. The van der Waals surface area contributed by atoms with E-state index in [1.165, 1.54) is 11.3 Å². The largest absolute Gasteiger partial charge is 0.478 e. The summed E-state index contributed by atoms with van der Waals surface area (Å²) in [6, 6.07) is 7.53. The smallest absolute Gasteiger partial charge is 0.338 e. The second-order valence-corrected chi connectivity index (χ2v) is 7.16. The van der Waals surface area contributed by atoms with Gasteiger partial charge in [0.15, 0.2) is 0 Å². The van der Waals surface area contributed by atoms with Crippen molar-refractivity contribution in [1.29, 1.82) is 0 Å². The van der Waals surface area contributed by atoms with Crippen molar-refractivity contribution in [2.75, 3.05) is 0 Å². The Balaban J connectivity index is 2.08. The van der Waals surface area contributed by atoms with Crippen molar-refractivity contribution in [3.63, 3.8) is 0 Å². The molecule has 0 aliphatic carbocycles. The first-order valence-electron chi connectivity index (χ1n) is 7.31. The molecule has 3 aromatic rings. The molecule has 116 valence electrons. The topological polar surface area (TPSA) is 55.1 Å². The van der Waals surface area contributed by atoms with Crippen LogP contribution in [0.15, 0.2) is 36.7 Å². The summed E-state index contributed by atoms with van der Waals surface area (Å²) in [5.41, 5.74) is 3.92. The van der Waals surface area contributed by atoms with Crippen LogP contribution in [0.3, 0.4) is 0 Å². The first-order valence-corrected chi connectivity index (χ1v) is 8.51. The van der Waals surface area contributed by atoms with Gasteiger partial charge < -0.3 is 9.67 Å². The van der Waals surface area contributed by atoms with E-state index in [4.69, 9.17) is 11.6 Å². The predicted octanol–water partition coefficient (Wildman–Crippen LogP) is 4.58. The molecule has 0 saturated carbocycles. The Morgan fingerprint density at radius 1 is 1.26 bits per heavy atom. The minimum Gasteiger partial charge on any atom is -0.478 e. The van der Waals surface area contributed by atoms with Crippen LogP contribution in [-0.2, 0) is 13.0 Å². The molecule has 0 saturated heterocycles. The highest BCUT2D eigenvalue weighted by Crippen LogP contribution is 2.44. The van der Waals surface area contributed by atoms with E-state index in [0.29, 0.717) is 9.90 Å². The molecule has 4 nitrogen and oxygen atoms in total. The van der Waals surface area contributed by atoms with E-state index in [1.807, 2.05) is 24.3 Å². The Bertz CT molecular complexity index is 899. The van der Waals surface area contributed by atoms with E-state index in [0.717, 1.165) is 46.8 Å². The van der Waals surface area contributed by atoms with Crippen LogP contribution in [0.4, 0.5) is 0 Å². The van der Waals surface area contributed by atoms with Gasteiger partial charge in [-0.3, -0.25) is 4.98 Å². The third-order valence-corrected chi connectivity index (χ3v) is 5.39. The number of halogens is 1. The van der Waals surface area contributed by atoms with Gasteiger partial charge in [0.1, 0.15) is 0 Å². The summed E-state index contributed by atoms with van der Waals surface area (Å²) in [5, 5.41) is 9.80. The molecule has 0 spiro atoms. The quantitative estimate of drug-likeness (QED) is 0.756. The fourth-order valence-electron chi connectivity index (χ4n) is 3.31. The van der Waals surface area contributed by atoms with Gasteiger partial charge in [-0.05, 0) is 42.7 Å². The number of thiophene rings is 1. The van der Waals surface area contributed by atoms with E-state index in [9.17, 15) is 9.90 Å². The third kappa shape index (κ3) is 2.28. The van der Waals surface area contributed by atoms with Crippen molar-refractivity contribution in [1.82, 2.24) is 9.55 Å². The van der Waals surface area contributed by atoms with Crippen molar-refractivity contribution < 1.29 is 9.90 Å². The summed E-state index contributed by atoms with van der Waals surface area (Å²) < 4.78 is 2.84. The van der Waals surface area contributed by atoms with Gasteiger partial charge in [-0.25, -0.2) is 4.79 Å². The zero-order valence-electron chi connectivity index (χ0n) is 12.1. The molecular formula is C17H13ClN2O2S. The average Bonchev–Trinajstić information content (AvgIpc) is 3.22. The first kappa shape index (κ1) is 14.5. The molecule has 0 radical (unpaired) electrons. The normalized spacial score (nSPS) is 13.3.